The summed E-state index contributed by atoms with van der Waals surface area (Å²) in [5.41, 5.74) is 4.11. The third kappa shape index (κ3) is 4.44. The number of piperazine rings is 1. The molecule has 0 aliphatic carbocycles. The fourth-order valence-electron chi connectivity index (χ4n) is 4.00. The number of amides is 1. The molecular weight excluding hydrogens is 342 g/mol. The highest BCUT2D eigenvalue weighted by molar-refractivity contribution is 8.02. The van der Waals surface area contributed by atoms with Gasteiger partial charge in [-0.3, -0.25) is 4.79 Å². The molecule has 2 saturated heterocycles. The zero-order valence-corrected chi connectivity index (χ0v) is 17.4. The summed E-state index contributed by atoms with van der Waals surface area (Å²) in [4.78, 5) is 14.9. The highest BCUT2D eigenvalue weighted by atomic mass is 32.2. The van der Waals surface area contributed by atoms with Crippen molar-refractivity contribution in [1.82, 2.24) is 15.5 Å². The van der Waals surface area contributed by atoms with Crippen molar-refractivity contribution in [3.8, 4) is 0 Å². The van der Waals surface area contributed by atoms with E-state index < -0.39 is 0 Å². The zero-order valence-electron chi connectivity index (χ0n) is 16.6. The Labute approximate surface area is 162 Å². The molecule has 2 unspecified atom stereocenters. The standard InChI is InChI=1S/C21H33N3OS/c1-15-7-5-8-17(16(15)2)18(19-23-20(25)21(3,4)26-19)9-6-12-24-13-10-22-11-14-24/h5,7-8,18-19,22H,6,9-14H2,1-4H3,(H,23,25). The van der Waals surface area contributed by atoms with E-state index in [2.05, 4.69) is 47.6 Å². The lowest BCUT2D eigenvalue weighted by atomic mass is 9.88. The number of hydrogen-bond acceptors (Lipinski definition) is 4. The van der Waals surface area contributed by atoms with Crippen LogP contribution in [0.4, 0.5) is 0 Å². The van der Waals surface area contributed by atoms with Crippen molar-refractivity contribution in [1.29, 1.82) is 0 Å². The lowest BCUT2D eigenvalue weighted by Gasteiger charge is -2.30. The molecule has 1 aromatic carbocycles. The Morgan fingerprint density at radius 2 is 2.00 bits per heavy atom. The van der Waals surface area contributed by atoms with Crippen molar-refractivity contribution in [2.45, 2.75) is 56.6 Å². The maximum Gasteiger partial charge on any atom is 0.236 e. The predicted octanol–water partition coefficient (Wildman–Crippen LogP) is 3.04. The Morgan fingerprint density at radius 3 is 2.65 bits per heavy atom. The second-order valence-electron chi connectivity index (χ2n) is 8.15. The number of nitrogens with zero attached hydrogens (tertiary/aromatic N) is 1. The average molecular weight is 376 g/mol. The third-order valence-electron chi connectivity index (χ3n) is 5.85. The Kier molecular flexibility index (Phi) is 6.31. The molecule has 2 heterocycles. The maximum atomic E-state index is 12.4. The van der Waals surface area contributed by atoms with Crippen LogP contribution in [0, 0.1) is 13.8 Å². The monoisotopic (exact) mass is 375 g/mol. The van der Waals surface area contributed by atoms with Gasteiger partial charge in [0.15, 0.2) is 0 Å². The van der Waals surface area contributed by atoms with Crippen LogP contribution < -0.4 is 10.6 Å². The number of aryl methyl sites for hydroxylation is 1. The minimum atomic E-state index is -0.334. The number of thioether (sulfide) groups is 1. The van der Waals surface area contributed by atoms with Crippen LogP contribution in [0.15, 0.2) is 18.2 Å². The van der Waals surface area contributed by atoms with Gasteiger partial charge < -0.3 is 15.5 Å². The van der Waals surface area contributed by atoms with E-state index in [1.807, 2.05) is 13.8 Å². The third-order valence-corrected chi connectivity index (χ3v) is 7.33. The lowest BCUT2D eigenvalue weighted by molar-refractivity contribution is -0.122. The maximum absolute atomic E-state index is 12.4. The van der Waals surface area contributed by atoms with Gasteiger partial charge in [0, 0.05) is 32.1 Å². The number of rotatable bonds is 6. The molecule has 5 heteroatoms. The van der Waals surface area contributed by atoms with Crippen molar-refractivity contribution < 1.29 is 4.79 Å². The number of carbonyl (C=O) groups excluding carboxylic acids is 1. The molecular formula is C21H33N3OS. The summed E-state index contributed by atoms with van der Waals surface area (Å²) in [6.07, 6.45) is 2.29. The summed E-state index contributed by atoms with van der Waals surface area (Å²) >= 11 is 1.80. The highest BCUT2D eigenvalue weighted by Gasteiger charge is 2.43. The molecule has 1 aromatic rings. The summed E-state index contributed by atoms with van der Waals surface area (Å²) in [6, 6.07) is 6.60. The van der Waals surface area contributed by atoms with Gasteiger partial charge in [0.2, 0.25) is 5.91 Å². The van der Waals surface area contributed by atoms with Crippen LogP contribution in [0.3, 0.4) is 0 Å². The van der Waals surface area contributed by atoms with Gasteiger partial charge in [0.25, 0.3) is 0 Å². The van der Waals surface area contributed by atoms with Gasteiger partial charge in [-0.05, 0) is 63.8 Å². The van der Waals surface area contributed by atoms with Crippen LogP contribution in [-0.2, 0) is 4.79 Å². The first-order valence-corrected chi connectivity index (χ1v) is 10.7. The molecule has 2 aliphatic rings. The van der Waals surface area contributed by atoms with Crippen LogP contribution in [0.1, 0.15) is 49.3 Å². The first-order chi connectivity index (χ1) is 12.4. The van der Waals surface area contributed by atoms with Crippen LogP contribution in [0.5, 0.6) is 0 Å². The second-order valence-corrected chi connectivity index (χ2v) is 9.92. The summed E-state index contributed by atoms with van der Waals surface area (Å²) in [7, 11) is 0. The van der Waals surface area contributed by atoms with Gasteiger partial charge in [0.05, 0.1) is 10.1 Å². The summed E-state index contributed by atoms with van der Waals surface area (Å²) in [5, 5.41) is 6.87. The largest absolute Gasteiger partial charge is 0.342 e. The predicted molar refractivity (Wildman–Crippen MR) is 111 cm³/mol. The summed E-state index contributed by atoms with van der Waals surface area (Å²) in [5.74, 6) is 0.540. The smallest absolute Gasteiger partial charge is 0.236 e. The quantitative estimate of drug-likeness (QED) is 0.802. The zero-order chi connectivity index (χ0) is 18.7. The minimum Gasteiger partial charge on any atom is -0.342 e. The van der Waals surface area contributed by atoms with E-state index in [0.717, 1.165) is 39.1 Å². The SMILES string of the molecule is Cc1cccc(C(CCCN2CCNCC2)C2NC(=O)C(C)(C)S2)c1C. The lowest BCUT2D eigenvalue weighted by Crippen LogP contribution is -2.43. The second kappa shape index (κ2) is 8.32. The molecule has 0 bridgehead atoms. The summed E-state index contributed by atoms with van der Waals surface area (Å²) in [6.45, 7) is 14.1. The van der Waals surface area contributed by atoms with Crippen LogP contribution in [0.2, 0.25) is 0 Å². The molecule has 4 nitrogen and oxygen atoms in total. The van der Waals surface area contributed by atoms with Crippen molar-refractivity contribution in [2.75, 3.05) is 32.7 Å². The van der Waals surface area contributed by atoms with Gasteiger partial charge in [-0.25, -0.2) is 0 Å². The fraction of sp³-hybridized carbons (Fsp3) is 0.667. The van der Waals surface area contributed by atoms with Gasteiger partial charge in [-0.2, -0.15) is 0 Å². The number of benzene rings is 1. The van der Waals surface area contributed by atoms with E-state index >= 15 is 0 Å². The van der Waals surface area contributed by atoms with E-state index in [1.54, 1.807) is 11.8 Å². The molecule has 3 rings (SSSR count). The van der Waals surface area contributed by atoms with Crippen molar-refractivity contribution in [2.24, 2.45) is 0 Å². The number of carbonyl (C=O) groups is 1. The average Bonchev–Trinajstić information content (AvgIpc) is 2.88. The van der Waals surface area contributed by atoms with Gasteiger partial charge in [-0.1, -0.05) is 18.2 Å². The molecule has 2 N–H and O–H groups in total. The summed E-state index contributed by atoms with van der Waals surface area (Å²) < 4.78 is -0.334. The van der Waals surface area contributed by atoms with E-state index in [9.17, 15) is 4.79 Å². The first kappa shape index (κ1) is 19.7. The Balaban J connectivity index is 1.73. The molecule has 0 spiro atoms. The van der Waals surface area contributed by atoms with Gasteiger partial charge in [0.1, 0.15) is 0 Å². The van der Waals surface area contributed by atoms with Crippen LogP contribution in [-0.4, -0.2) is 53.7 Å². The van der Waals surface area contributed by atoms with Crippen LogP contribution >= 0.6 is 11.8 Å². The van der Waals surface area contributed by atoms with E-state index in [1.165, 1.54) is 23.1 Å². The normalized spacial score (nSPS) is 24.5. The van der Waals surface area contributed by atoms with Gasteiger partial charge >= 0.3 is 0 Å². The van der Waals surface area contributed by atoms with E-state index in [-0.39, 0.29) is 16.0 Å². The molecule has 2 atom stereocenters. The Morgan fingerprint density at radius 1 is 1.27 bits per heavy atom. The molecule has 1 amide bonds. The molecule has 2 aliphatic heterocycles. The molecule has 144 valence electrons. The van der Waals surface area contributed by atoms with E-state index in [4.69, 9.17) is 0 Å². The molecule has 26 heavy (non-hydrogen) atoms. The van der Waals surface area contributed by atoms with Crippen molar-refractivity contribution in [3.63, 3.8) is 0 Å². The minimum absolute atomic E-state index is 0.168. The molecule has 0 aromatic heterocycles. The molecule has 2 fully saturated rings. The Hall–Kier alpha value is -1.04. The van der Waals surface area contributed by atoms with Crippen LogP contribution in [0.25, 0.3) is 0 Å². The topological polar surface area (TPSA) is 44.4 Å². The van der Waals surface area contributed by atoms with Crippen molar-refractivity contribution >= 4 is 17.7 Å². The fourth-order valence-corrected chi connectivity index (χ4v) is 5.41. The highest BCUT2D eigenvalue weighted by Crippen LogP contribution is 2.43. The number of hydrogen-bond donors (Lipinski definition) is 2. The Bertz CT molecular complexity index is 640. The van der Waals surface area contributed by atoms with E-state index in [0.29, 0.717) is 5.92 Å². The molecule has 0 radical (unpaired) electrons. The first-order valence-electron chi connectivity index (χ1n) is 9.86. The van der Waals surface area contributed by atoms with Gasteiger partial charge in [-0.15, -0.1) is 11.8 Å². The molecule has 0 saturated carbocycles. The van der Waals surface area contributed by atoms with Crippen molar-refractivity contribution in [3.05, 3.63) is 34.9 Å². The number of nitrogens with one attached hydrogen (secondary N) is 2.